The molecule has 1 aliphatic carbocycles. The molecular weight excluding hydrogens is 322 g/mol. The van der Waals surface area contributed by atoms with E-state index in [-0.39, 0.29) is 18.5 Å². The Bertz CT molecular complexity index is 640. The molecule has 0 aliphatic heterocycles. The minimum absolute atomic E-state index is 0.108. The van der Waals surface area contributed by atoms with Crippen LogP contribution in [0.4, 0.5) is 0 Å². The lowest BCUT2D eigenvalue weighted by Crippen LogP contribution is -2.50. The molecule has 1 saturated carbocycles. The molecule has 0 radical (unpaired) electrons. The molecule has 0 spiro atoms. The molecule has 2 rings (SSSR count). The average Bonchev–Trinajstić information content (AvgIpc) is 3.41. The van der Waals surface area contributed by atoms with E-state index in [4.69, 9.17) is 0 Å². The first-order chi connectivity index (χ1) is 12.2. The Kier molecular flexibility index (Phi) is 6.83. The summed E-state index contributed by atoms with van der Waals surface area (Å²) in [5.41, 5.74) is 1.81. The number of rotatable bonds is 9. The van der Waals surface area contributed by atoms with Gasteiger partial charge in [-0.3, -0.25) is 4.79 Å². The van der Waals surface area contributed by atoms with Crippen LogP contribution in [0.25, 0.3) is 0 Å². The van der Waals surface area contributed by atoms with Crippen LogP contribution in [0.1, 0.15) is 64.6 Å². The van der Waals surface area contributed by atoms with Gasteiger partial charge in [-0.2, -0.15) is 5.26 Å². The van der Waals surface area contributed by atoms with Gasteiger partial charge in [0.05, 0.1) is 12.6 Å². The van der Waals surface area contributed by atoms with E-state index in [1.807, 2.05) is 6.92 Å². The zero-order chi connectivity index (χ0) is 19.3. The summed E-state index contributed by atoms with van der Waals surface area (Å²) in [4.78, 5) is 12.4. The van der Waals surface area contributed by atoms with Crippen molar-refractivity contribution in [3.8, 4) is 6.07 Å². The van der Waals surface area contributed by atoms with Crippen LogP contribution in [0, 0.1) is 29.1 Å². The molecule has 1 aliphatic rings. The lowest BCUT2D eigenvalue weighted by molar-refractivity contribution is -0.121. The highest BCUT2D eigenvalue weighted by Crippen LogP contribution is 2.39. The topological polar surface area (TPSA) is 64.9 Å². The maximum Gasteiger partial charge on any atom is 0.235 e. The molecule has 0 heterocycles. The summed E-state index contributed by atoms with van der Waals surface area (Å²) in [5, 5.41) is 15.7. The molecule has 0 aromatic heterocycles. The number of nitrogens with one attached hydrogen (secondary N) is 2. The number of carbonyl (C=O) groups excluding carboxylic acids is 1. The number of hydrogen-bond donors (Lipinski definition) is 2. The smallest absolute Gasteiger partial charge is 0.235 e. The summed E-state index contributed by atoms with van der Waals surface area (Å²) >= 11 is 0. The van der Waals surface area contributed by atoms with Crippen molar-refractivity contribution in [2.24, 2.45) is 17.8 Å². The predicted molar refractivity (Wildman–Crippen MR) is 105 cm³/mol. The molecule has 0 unspecified atom stereocenters. The molecule has 1 fully saturated rings. The average molecular weight is 356 g/mol. The van der Waals surface area contributed by atoms with E-state index in [9.17, 15) is 10.1 Å². The van der Waals surface area contributed by atoms with Crippen LogP contribution in [0.3, 0.4) is 0 Å². The quantitative estimate of drug-likeness (QED) is 0.704. The van der Waals surface area contributed by atoms with Gasteiger partial charge in [-0.05, 0) is 55.1 Å². The van der Waals surface area contributed by atoms with Gasteiger partial charge in [0, 0.05) is 6.04 Å². The highest BCUT2D eigenvalue weighted by Gasteiger charge is 2.42. The standard InChI is InChI=1S/C22H33N3O/c1-15(2)12-17-6-8-18(9-7-17)21(16(3)4)24-13-20(26)25-22(5,14-23)19-10-11-19/h6-9,15-16,19,21,24H,10-13H2,1-5H3,(H,25,26)/t21-,22+/m1/s1. The largest absolute Gasteiger partial charge is 0.337 e. The highest BCUT2D eigenvalue weighted by atomic mass is 16.2. The fourth-order valence-electron chi connectivity index (χ4n) is 3.49. The van der Waals surface area contributed by atoms with Crippen molar-refractivity contribution in [2.45, 2.75) is 65.5 Å². The summed E-state index contributed by atoms with van der Waals surface area (Å²) in [6.07, 6.45) is 3.13. The molecule has 142 valence electrons. The zero-order valence-corrected chi connectivity index (χ0v) is 16.8. The third-order valence-electron chi connectivity index (χ3n) is 5.16. The minimum Gasteiger partial charge on any atom is -0.337 e. The molecular formula is C22H33N3O. The number of amides is 1. The van der Waals surface area contributed by atoms with Gasteiger partial charge in [-0.1, -0.05) is 52.0 Å². The summed E-state index contributed by atoms with van der Waals surface area (Å²) in [5.74, 6) is 1.20. The fourth-order valence-corrected chi connectivity index (χ4v) is 3.49. The molecule has 2 N–H and O–H groups in total. The van der Waals surface area contributed by atoms with Crippen LogP contribution in [0.5, 0.6) is 0 Å². The van der Waals surface area contributed by atoms with Gasteiger partial charge in [0.1, 0.15) is 5.54 Å². The van der Waals surface area contributed by atoms with Gasteiger partial charge in [0.25, 0.3) is 0 Å². The molecule has 1 aromatic rings. The van der Waals surface area contributed by atoms with E-state index in [2.05, 4.69) is 68.7 Å². The summed E-state index contributed by atoms with van der Waals surface area (Å²) in [7, 11) is 0. The predicted octanol–water partition coefficient (Wildman–Crippen LogP) is 3.98. The monoisotopic (exact) mass is 355 g/mol. The molecule has 1 amide bonds. The number of nitriles is 1. The third-order valence-corrected chi connectivity index (χ3v) is 5.16. The van der Waals surface area contributed by atoms with Crippen LogP contribution in [-0.4, -0.2) is 18.0 Å². The van der Waals surface area contributed by atoms with E-state index in [0.29, 0.717) is 17.8 Å². The van der Waals surface area contributed by atoms with Gasteiger partial charge in [-0.15, -0.1) is 0 Å². The van der Waals surface area contributed by atoms with Gasteiger partial charge < -0.3 is 10.6 Å². The second-order valence-corrected chi connectivity index (χ2v) is 8.58. The Morgan fingerprint density at radius 2 is 1.85 bits per heavy atom. The van der Waals surface area contributed by atoms with E-state index < -0.39 is 5.54 Å². The fraction of sp³-hybridized carbons (Fsp3) is 0.636. The van der Waals surface area contributed by atoms with Gasteiger partial charge in [-0.25, -0.2) is 0 Å². The van der Waals surface area contributed by atoms with Crippen LogP contribution in [0.15, 0.2) is 24.3 Å². The summed E-state index contributed by atoms with van der Waals surface area (Å²) < 4.78 is 0. The third kappa shape index (κ3) is 5.57. The molecule has 1 aromatic carbocycles. The van der Waals surface area contributed by atoms with E-state index in [1.165, 1.54) is 11.1 Å². The van der Waals surface area contributed by atoms with E-state index in [0.717, 1.165) is 19.3 Å². The molecule has 0 saturated heterocycles. The number of carbonyl (C=O) groups is 1. The molecule has 4 nitrogen and oxygen atoms in total. The van der Waals surface area contributed by atoms with Gasteiger partial charge in [0.2, 0.25) is 5.91 Å². The van der Waals surface area contributed by atoms with Crippen molar-refractivity contribution in [2.75, 3.05) is 6.54 Å². The highest BCUT2D eigenvalue weighted by molar-refractivity contribution is 5.79. The minimum atomic E-state index is -0.732. The van der Waals surface area contributed by atoms with Gasteiger partial charge in [0.15, 0.2) is 0 Å². The normalized spacial score (nSPS) is 17.6. The Morgan fingerprint density at radius 3 is 2.31 bits per heavy atom. The first-order valence-electron chi connectivity index (χ1n) is 9.79. The molecule has 0 bridgehead atoms. The van der Waals surface area contributed by atoms with E-state index >= 15 is 0 Å². The number of hydrogen-bond acceptors (Lipinski definition) is 3. The van der Waals surface area contributed by atoms with Gasteiger partial charge >= 0.3 is 0 Å². The second-order valence-electron chi connectivity index (χ2n) is 8.58. The summed E-state index contributed by atoms with van der Waals surface area (Å²) in [6, 6.07) is 11.1. The molecule has 4 heteroatoms. The van der Waals surface area contributed by atoms with Crippen LogP contribution >= 0.6 is 0 Å². The second kappa shape index (κ2) is 8.68. The SMILES string of the molecule is CC(C)Cc1ccc([C@H](NCC(=O)N[C@@](C)(C#N)C2CC2)C(C)C)cc1. The maximum absolute atomic E-state index is 12.4. The van der Waals surface area contributed by atoms with Crippen molar-refractivity contribution in [1.82, 2.24) is 10.6 Å². The lowest BCUT2D eigenvalue weighted by atomic mass is 9.93. The number of benzene rings is 1. The molecule has 26 heavy (non-hydrogen) atoms. The van der Waals surface area contributed by atoms with Crippen LogP contribution in [-0.2, 0) is 11.2 Å². The Balaban J connectivity index is 1.95. The van der Waals surface area contributed by atoms with Crippen LogP contribution in [0.2, 0.25) is 0 Å². The molecule has 2 atom stereocenters. The van der Waals surface area contributed by atoms with Crippen molar-refractivity contribution in [1.29, 1.82) is 5.26 Å². The van der Waals surface area contributed by atoms with Crippen LogP contribution < -0.4 is 10.6 Å². The summed E-state index contributed by atoms with van der Waals surface area (Å²) in [6.45, 7) is 10.8. The first kappa shape index (κ1) is 20.5. The Morgan fingerprint density at radius 1 is 1.23 bits per heavy atom. The Labute approximate surface area is 158 Å². The number of nitrogens with zero attached hydrogens (tertiary/aromatic N) is 1. The first-order valence-corrected chi connectivity index (χ1v) is 9.79. The maximum atomic E-state index is 12.4. The van der Waals surface area contributed by atoms with Crippen molar-refractivity contribution in [3.05, 3.63) is 35.4 Å². The Hall–Kier alpha value is -1.86. The van der Waals surface area contributed by atoms with E-state index in [1.54, 1.807) is 0 Å². The lowest BCUT2D eigenvalue weighted by Gasteiger charge is -2.26. The van der Waals surface area contributed by atoms with Crippen molar-refractivity contribution < 1.29 is 4.79 Å². The van der Waals surface area contributed by atoms with Crippen molar-refractivity contribution in [3.63, 3.8) is 0 Å². The van der Waals surface area contributed by atoms with Crippen molar-refractivity contribution >= 4 is 5.91 Å². The zero-order valence-electron chi connectivity index (χ0n) is 16.8.